The molecule has 1 saturated carbocycles. The fraction of sp³-hybridized carbons (Fsp3) is 0.389. The summed E-state index contributed by atoms with van der Waals surface area (Å²) in [5, 5.41) is 0.894. The van der Waals surface area contributed by atoms with Crippen molar-refractivity contribution in [2.24, 2.45) is 5.92 Å². The van der Waals surface area contributed by atoms with Crippen LogP contribution in [0.4, 0.5) is 4.39 Å². The molecule has 1 aromatic rings. The molecule has 1 aliphatic carbocycles. The van der Waals surface area contributed by atoms with Crippen LogP contribution in [0.5, 0.6) is 0 Å². The lowest BCUT2D eigenvalue weighted by atomic mass is 9.85. The number of benzene rings is 1. The van der Waals surface area contributed by atoms with Crippen molar-refractivity contribution in [1.82, 2.24) is 0 Å². The van der Waals surface area contributed by atoms with Gasteiger partial charge in [-0.05, 0) is 49.0 Å². The Labute approximate surface area is 140 Å². The van der Waals surface area contributed by atoms with Crippen LogP contribution in [0.25, 0.3) is 0 Å². The number of carbonyl (C=O) groups is 1. The summed E-state index contributed by atoms with van der Waals surface area (Å²) >= 11 is 7.88. The van der Waals surface area contributed by atoms with Gasteiger partial charge in [-0.15, -0.1) is 5.73 Å². The van der Waals surface area contributed by atoms with Crippen molar-refractivity contribution >= 4 is 29.1 Å². The van der Waals surface area contributed by atoms with Gasteiger partial charge in [0.2, 0.25) is 0 Å². The van der Waals surface area contributed by atoms with Gasteiger partial charge in [-0.1, -0.05) is 24.2 Å². The molecule has 0 aromatic heterocycles. The summed E-state index contributed by atoms with van der Waals surface area (Å²) in [6.07, 6.45) is 6.88. The standard InChI is InChI=1S/C18H19ClFOS/c1-2-3-4-5-13-10-16(21)8-9-18(13)22-12-14-6-7-15(20)11-17(14)19/h3-4,6-7,11,13,18H,1,5,8-10,12H2. The summed E-state index contributed by atoms with van der Waals surface area (Å²) in [5.74, 6) is 1.12. The van der Waals surface area contributed by atoms with E-state index in [-0.39, 0.29) is 5.82 Å². The summed E-state index contributed by atoms with van der Waals surface area (Å²) in [5.41, 5.74) is 3.67. The van der Waals surface area contributed by atoms with Crippen LogP contribution in [-0.2, 0) is 10.5 Å². The van der Waals surface area contributed by atoms with E-state index >= 15 is 0 Å². The molecule has 2 atom stereocenters. The van der Waals surface area contributed by atoms with Gasteiger partial charge in [0.15, 0.2) is 0 Å². The summed E-state index contributed by atoms with van der Waals surface area (Å²) < 4.78 is 13.1. The SMILES string of the molecule is C=C=C[CH]CC1CC(=O)CCC1SCc1ccc(F)cc1Cl. The molecule has 0 spiro atoms. The Balaban J connectivity index is 1.95. The Morgan fingerprint density at radius 2 is 2.32 bits per heavy atom. The third-order valence-electron chi connectivity index (χ3n) is 3.87. The molecule has 0 bridgehead atoms. The minimum Gasteiger partial charge on any atom is -0.300 e. The van der Waals surface area contributed by atoms with Gasteiger partial charge in [-0.25, -0.2) is 4.39 Å². The molecule has 2 rings (SSSR count). The zero-order chi connectivity index (χ0) is 15.9. The molecule has 2 unspecified atom stereocenters. The molecule has 1 radical (unpaired) electrons. The highest BCUT2D eigenvalue weighted by molar-refractivity contribution is 7.99. The molecule has 0 heterocycles. The van der Waals surface area contributed by atoms with Gasteiger partial charge in [0.05, 0.1) is 0 Å². The van der Waals surface area contributed by atoms with Crippen molar-refractivity contribution in [2.45, 2.75) is 36.7 Å². The zero-order valence-corrected chi connectivity index (χ0v) is 13.9. The third kappa shape index (κ3) is 5.01. The Hall–Kier alpha value is -1.02. The fourth-order valence-electron chi connectivity index (χ4n) is 2.68. The predicted octanol–water partition coefficient (Wildman–Crippen LogP) is 5.39. The molecule has 0 amide bonds. The second-order valence-corrected chi connectivity index (χ2v) is 7.10. The van der Waals surface area contributed by atoms with Crippen LogP contribution < -0.4 is 0 Å². The molecule has 1 fully saturated rings. The fourth-order valence-corrected chi connectivity index (χ4v) is 4.40. The highest BCUT2D eigenvalue weighted by Gasteiger charge is 2.29. The molecular weight excluding hydrogens is 319 g/mol. The van der Waals surface area contributed by atoms with Crippen molar-refractivity contribution in [3.05, 3.63) is 59.4 Å². The molecule has 0 saturated heterocycles. The third-order valence-corrected chi connectivity index (χ3v) is 5.74. The summed E-state index contributed by atoms with van der Waals surface area (Å²) in [7, 11) is 0. The number of halogens is 2. The summed E-state index contributed by atoms with van der Waals surface area (Å²) in [6.45, 7) is 3.54. The van der Waals surface area contributed by atoms with Crippen LogP contribution in [0.2, 0.25) is 5.02 Å². The number of carbonyl (C=O) groups excluding carboxylic acids is 1. The number of rotatable bonds is 6. The second kappa shape index (κ2) is 8.57. The van der Waals surface area contributed by atoms with Gasteiger partial charge in [0, 0.05) is 28.9 Å². The van der Waals surface area contributed by atoms with Gasteiger partial charge in [0.25, 0.3) is 0 Å². The molecule has 1 aromatic carbocycles. The first-order valence-corrected chi connectivity index (χ1v) is 8.77. The molecule has 117 valence electrons. The van der Waals surface area contributed by atoms with Crippen LogP contribution in [-0.4, -0.2) is 11.0 Å². The quantitative estimate of drug-likeness (QED) is 0.648. The Bertz CT molecular complexity index is 580. The minimum atomic E-state index is -0.314. The number of hydrogen-bond donors (Lipinski definition) is 0. The number of ketones is 1. The van der Waals surface area contributed by atoms with Gasteiger partial charge >= 0.3 is 0 Å². The minimum absolute atomic E-state index is 0.314. The monoisotopic (exact) mass is 337 g/mol. The molecular formula is C18H19ClFOS. The van der Waals surface area contributed by atoms with Crippen molar-refractivity contribution in [3.63, 3.8) is 0 Å². The second-order valence-electron chi connectivity index (χ2n) is 5.47. The number of Topliss-reactive ketones (excluding diaryl/α,β-unsaturated/α-hetero) is 1. The van der Waals surface area contributed by atoms with Crippen molar-refractivity contribution < 1.29 is 9.18 Å². The zero-order valence-electron chi connectivity index (χ0n) is 12.4. The smallest absolute Gasteiger partial charge is 0.133 e. The number of hydrogen-bond acceptors (Lipinski definition) is 2. The van der Waals surface area contributed by atoms with E-state index in [1.54, 1.807) is 12.1 Å². The van der Waals surface area contributed by atoms with Crippen LogP contribution in [0.15, 0.2) is 36.6 Å². The first kappa shape index (κ1) is 17.3. The Kier molecular flexibility index (Phi) is 6.75. The lowest BCUT2D eigenvalue weighted by molar-refractivity contribution is -0.121. The maximum absolute atomic E-state index is 13.1. The van der Waals surface area contributed by atoms with Crippen molar-refractivity contribution in [2.75, 3.05) is 0 Å². The van der Waals surface area contributed by atoms with Gasteiger partial charge in [0.1, 0.15) is 11.6 Å². The van der Waals surface area contributed by atoms with Gasteiger partial charge in [-0.2, -0.15) is 11.8 Å². The lowest BCUT2D eigenvalue weighted by Crippen LogP contribution is -2.27. The maximum atomic E-state index is 13.1. The average molecular weight is 338 g/mol. The van der Waals surface area contributed by atoms with Gasteiger partial charge in [-0.3, -0.25) is 4.79 Å². The largest absolute Gasteiger partial charge is 0.300 e. The van der Waals surface area contributed by atoms with E-state index in [9.17, 15) is 9.18 Å². The van der Waals surface area contributed by atoms with E-state index in [0.717, 1.165) is 24.2 Å². The normalized spacial score (nSPS) is 21.5. The first-order chi connectivity index (χ1) is 10.6. The van der Waals surface area contributed by atoms with E-state index in [1.165, 1.54) is 12.1 Å². The molecule has 0 aliphatic heterocycles. The van der Waals surface area contributed by atoms with E-state index in [2.05, 4.69) is 12.3 Å². The molecule has 1 nitrogen and oxygen atoms in total. The predicted molar refractivity (Wildman–Crippen MR) is 91.5 cm³/mol. The topological polar surface area (TPSA) is 17.1 Å². The van der Waals surface area contributed by atoms with E-state index in [1.807, 2.05) is 18.2 Å². The van der Waals surface area contributed by atoms with Gasteiger partial charge < -0.3 is 0 Å². The summed E-state index contributed by atoms with van der Waals surface area (Å²) in [4.78, 5) is 11.7. The van der Waals surface area contributed by atoms with E-state index in [0.29, 0.717) is 34.8 Å². The molecule has 1 aliphatic rings. The maximum Gasteiger partial charge on any atom is 0.133 e. The average Bonchev–Trinajstić information content (AvgIpc) is 2.48. The summed E-state index contributed by atoms with van der Waals surface area (Å²) in [6, 6.07) is 4.52. The molecule has 22 heavy (non-hydrogen) atoms. The molecule has 0 N–H and O–H groups in total. The van der Waals surface area contributed by atoms with E-state index < -0.39 is 0 Å². The first-order valence-electron chi connectivity index (χ1n) is 7.35. The Morgan fingerprint density at radius 1 is 1.50 bits per heavy atom. The lowest BCUT2D eigenvalue weighted by Gasteiger charge is -2.30. The van der Waals surface area contributed by atoms with Crippen LogP contribution in [0, 0.1) is 18.2 Å². The number of allylic oxidation sites excluding steroid dienone is 1. The van der Waals surface area contributed by atoms with Crippen LogP contribution in [0.3, 0.4) is 0 Å². The highest BCUT2D eigenvalue weighted by atomic mass is 35.5. The molecule has 4 heteroatoms. The van der Waals surface area contributed by atoms with E-state index in [4.69, 9.17) is 11.6 Å². The Morgan fingerprint density at radius 3 is 3.05 bits per heavy atom. The van der Waals surface area contributed by atoms with Crippen molar-refractivity contribution in [1.29, 1.82) is 0 Å². The van der Waals surface area contributed by atoms with Crippen molar-refractivity contribution in [3.8, 4) is 0 Å². The van der Waals surface area contributed by atoms with Crippen LogP contribution >= 0.6 is 23.4 Å². The van der Waals surface area contributed by atoms with Crippen LogP contribution in [0.1, 0.15) is 31.2 Å². The number of thioether (sulfide) groups is 1. The highest BCUT2D eigenvalue weighted by Crippen LogP contribution is 2.37.